The summed E-state index contributed by atoms with van der Waals surface area (Å²) in [5.41, 5.74) is 4.24. The molecule has 0 aromatic heterocycles. The summed E-state index contributed by atoms with van der Waals surface area (Å²) in [6.07, 6.45) is -1.17. The smallest absolute Gasteiger partial charge is 0.276 e. The van der Waals surface area contributed by atoms with E-state index in [1.807, 2.05) is 30.3 Å². The third-order valence-electron chi connectivity index (χ3n) is 8.18. The lowest BCUT2D eigenvalue weighted by Gasteiger charge is -2.43. The number of alkyl halides is 3. The van der Waals surface area contributed by atoms with Crippen LogP contribution in [0.3, 0.4) is 0 Å². The first-order chi connectivity index (χ1) is 20.5. The van der Waals surface area contributed by atoms with Gasteiger partial charge in [-0.3, -0.25) is 9.69 Å². The molecule has 43 heavy (non-hydrogen) atoms. The molecule has 5 rings (SSSR count). The van der Waals surface area contributed by atoms with E-state index in [1.165, 1.54) is 16.3 Å². The third kappa shape index (κ3) is 7.52. The molecule has 2 N–H and O–H groups in total. The van der Waals surface area contributed by atoms with Crippen molar-refractivity contribution < 1.29 is 19.4 Å². The molecule has 4 aromatic rings. The van der Waals surface area contributed by atoms with Gasteiger partial charge in [-0.05, 0) is 59.6 Å². The van der Waals surface area contributed by atoms with Crippen molar-refractivity contribution in [3.05, 3.63) is 113 Å². The molecular formula is C34H35Cl3N2O4. The zero-order chi connectivity index (χ0) is 30.7. The average Bonchev–Trinajstić information content (AvgIpc) is 3.01. The lowest BCUT2D eigenvalue weighted by molar-refractivity contribution is -0.276. The number of hydrogen-bond donors (Lipinski definition) is 2. The van der Waals surface area contributed by atoms with Gasteiger partial charge in [0, 0.05) is 29.8 Å². The van der Waals surface area contributed by atoms with E-state index >= 15 is 0 Å². The van der Waals surface area contributed by atoms with Gasteiger partial charge in [0.25, 0.3) is 9.70 Å². The van der Waals surface area contributed by atoms with Crippen LogP contribution in [0.15, 0.2) is 91.0 Å². The van der Waals surface area contributed by atoms with E-state index in [-0.39, 0.29) is 30.8 Å². The Morgan fingerprint density at radius 3 is 2.35 bits per heavy atom. The molecule has 4 aromatic carbocycles. The number of rotatable bonds is 8. The number of amides is 1. The van der Waals surface area contributed by atoms with Crippen LogP contribution in [0.1, 0.15) is 54.5 Å². The van der Waals surface area contributed by atoms with E-state index in [0.29, 0.717) is 12.2 Å². The van der Waals surface area contributed by atoms with Crippen LogP contribution in [-0.4, -0.2) is 39.4 Å². The predicted octanol–water partition coefficient (Wildman–Crippen LogP) is 8.13. The van der Waals surface area contributed by atoms with Crippen LogP contribution in [0.5, 0.6) is 0 Å². The summed E-state index contributed by atoms with van der Waals surface area (Å²) in [5.74, 6) is -0.743. The van der Waals surface area contributed by atoms with Gasteiger partial charge in [0.2, 0.25) is 0 Å². The highest BCUT2D eigenvalue weighted by Crippen LogP contribution is 2.42. The molecule has 226 valence electrons. The number of ether oxygens (including phenoxy) is 2. The van der Waals surface area contributed by atoms with Crippen molar-refractivity contribution in [2.75, 3.05) is 18.9 Å². The number of hydrogen-bond acceptors (Lipinski definition) is 5. The van der Waals surface area contributed by atoms with E-state index in [2.05, 4.69) is 73.6 Å². The molecule has 1 heterocycles. The molecular weight excluding hydrogens is 607 g/mol. The zero-order valence-electron chi connectivity index (χ0n) is 24.2. The highest BCUT2D eigenvalue weighted by Gasteiger charge is 2.39. The summed E-state index contributed by atoms with van der Waals surface area (Å²) < 4.78 is 11.1. The first-order valence-corrected chi connectivity index (χ1v) is 15.3. The van der Waals surface area contributed by atoms with Crippen LogP contribution in [0.25, 0.3) is 10.8 Å². The fourth-order valence-electron chi connectivity index (χ4n) is 5.46. The van der Waals surface area contributed by atoms with Crippen molar-refractivity contribution in [2.24, 2.45) is 5.92 Å². The maximum Gasteiger partial charge on any atom is 0.276 e. The minimum absolute atomic E-state index is 0.00901. The topological polar surface area (TPSA) is 71.0 Å². The van der Waals surface area contributed by atoms with Crippen molar-refractivity contribution >= 4 is 57.2 Å². The predicted molar refractivity (Wildman–Crippen MR) is 173 cm³/mol. The molecule has 0 bridgehead atoms. The Morgan fingerprint density at radius 1 is 0.930 bits per heavy atom. The van der Waals surface area contributed by atoms with Crippen molar-refractivity contribution in [3.63, 3.8) is 0 Å². The maximum atomic E-state index is 12.3. The molecule has 1 amide bonds. The second-order valence-electron chi connectivity index (χ2n) is 11.1. The number of benzene rings is 4. The molecule has 6 nitrogen and oxygen atoms in total. The Hall–Kier alpha value is -2.68. The highest BCUT2D eigenvalue weighted by atomic mass is 35.6. The van der Waals surface area contributed by atoms with Gasteiger partial charge in [0.05, 0.1) is 18.8 Å². The van der Waals surface area contributed by atoms with E-state index < -0.39 is 16.0 Å². The van der Waals surface area contributed by atoms with Crippen molar-refractivity contribution in [1.29, 1.82) is 0 Å². The number of aliphatic hydroxyl groups is 1. The van der Waals surface area contributed by atoms with Gasteiger partial charge in [-0.1, -0.05) is 115 Å². The Kier molecular flexibility index (Phi) is 9.99. The van der Waals surface area contributed by atoms with Gasteiger partial charge in [0.15, 0.2) is 6.29 Å². The zero-order valence-corrected chi connectivity index (χ0v) is 26.5. The van der Waals surface area contributed by atoms with Crippen LogP contribution in [0.2, 0.25) is 0 Å². The van der Waals surface area contributed by atoms with Gasteiger partial charge in [-0.15, -0.1) is 0 Å². The summed E-state index contributed by atoms with van der Waals surface area (Å²) in [6.45, 7) is 4.97. The van der Waals surface area contributed by atoms with Crippen LogP contribution >= 0.6 is 34.8 Å². The number of nitrogens with zero attached hydrogens (tertiary/aromatic N) is 1. The van der Waals surface area contributed by atoms with Crippen molar-refractivity contribution in [1.82, 2.24) is 4.90 Å². The molecule has 0 spiro atoms. The summed E-state index contributed by atoms with van der Waals surface area (Å²) in [5, 5.41) is 14.6. The van der Waals surface area contributed by atoms with E-state index in [0.717, 1.165) is 16.7 Å². The monoisotopic (exact) mass is 640 g/mol. The van der Waals surface area contributed by atoms with Crippen LogP contribution in [-0.2, 0) is 20.9 Å². The number of carbonyl (C=O) groups is 1. The van der Waals surface area contributed by atoms with E-state index in [1.54, 1.807) is 18.2 Å². The second-order valence-corrected chi connectivity index (χ2v) is 13.4. The lowest BCUT2D eigenvalue weighted by atomic mass is 9.89. The Labute approximate surface area is 267 Å². The molecule has 0 saturated carbocycles. The molecule has 0 aliphatic carbocycles. The van der Waals surface area contributed by atoms with Crippen LogP contribution in [0, 0.1) is 5.92 Å². The highest BCUT2D eigenvalue weighted by molar-refractivity contribution is 6.76. The van der Waals surface area contributed by atoms with Crippen molar-refractivity contribution in [2.45, 2.75) is 48.8 Å². The first kappa shape index (κ1) is 31.7. The number of likely N-dealkylation sites (N-methyl/N-ethyl adjacent to an activating group) is 1. The van der Waals surface area contributed by atoms with E-state index in [4.69, 9.17) is 44.3 Å². The van der Waals surface area contributed by atoms with Gasteiger partial charge in [0.1, 0.15) is 0 Å². The van der Waals surface area contributed by atoms with E-state index in [9.17, 15) is 9.90 Å². The minimum Gasteiger partial charge on any atom is -0.392 e. The standard InChI is InChI=1S/C34H35Cl3N2O4/c1-21-30(19-39(3)22(2)26-16-15-24-7-4-5-8-27(24)17-26)42-32(43-31(21)25-13-11-23(20-40)12-14-25)28-9-6-10-29(18-28)38-33(41)34(35,36)37/h4-18,21-22,30-32,40H,19-20H2,1-3H3,(H,38,41). The van der Waals surface area contributed by atoms with Crippen LogP contribution in [0.4, 0.5) is 5.69 Å². The molecule has 1 saturated heterocycles. The number of aliphatic hydroxyl groups excluding tert-OH is 1. The van der Waals surface area contributed by atoms with Gasteiger partial charge < -0.3 is 19.9 Å². The molecule has 1 aliphatic heterocycles. The summed E-state index contributed by atoms with van der Waals surface area (Å²) in [6, 6.07) is 30.1. The Morgan fingerprint density at radius 2 is 1.65 bits per heavy atom. The Balaban J connectivity index is 1.41. The lowest BCUT2D eigenvalue weighted by Crippen LogP contribution is -2.44. The summed E-state index contributed by atoms with van der Waals surface area (Å²) >= 11 is 17.3. The number of anilines is 1. The fraction of sp³-hybridized carbons (Fsp3) is 0.324. The third-order valence-corrected chi connectivity index (χ3v) is 8.70. The quantitative estimate of drug-likeness (QED) is 0.190. The minimum atomic E-state index is -2.09. The first-order valence-electron chi connectivity index (χ1n) is 14.2. The van der Waals surface area contributed by atoms with Gasteiger partial charge in [-0.2, -0.15) is 0 Å². The normalized spacial score (nSPS) is 21.6. The van der Waals surface area contributed by atoms with Crippen LogP contribution < -0.4 is 5.32 Å². The van der Waals surface area contributed by atoms with Crippen molar-refractivity contribution in [3.8, 4) is 0 Å². The average molecular weight is 642 g/mol. The number of fused-ring (bicyclic) bond motifs is 1. The summed E-state index contributed by atoms with van der Waals surface area (Å²) in [7, 11) is 2.11. The molecule has 1 fully saturated rings. The number of halogens is 3. The molecule has 5 atom stereocenters. The number of nitrogens with one attached hydrogen (secondary N) is 1. The second kappa shape index (κ2) is 13.5. The summed E-state index contributed by atoms with van der Waals surface area (Å²) in [4.78, 5) is 14.6. The molecule has 1 aliphatic rings. The molecule has 5 unspecified atom stereocenters. The SMILES string of the molecule is CC1C(CN(C)C(C)c2ccc3ccccc3c2)OC(c2cccc(NC(=O)C(Cl)(Cl)Cl)c2)OC1c1ccc(CO)cc1. The largest absolute Gasteiger partial charge is 0.392 e. The van der Waals surface area contributed by atoms with Gasteiger partial charge >= 0.3 is 0 Å². The molecule has 9 heteroatoms. The fourth-order valence-corrected chi connectivity index (χ4v) is 5.60. The van der Waals surface area contributed by atoms with Gasteiger partial charge in [-0.25, -0.2) is 0 Å². The Bertz CT molecular complexity index is 1560. The number of carbonyl (C=O) groups excluding carboxylic acids is 1. The molecule has 0 radical (unpaired) electrons. The maximum absolute atomic E-state index is 12.3.